The van der Waals surface area contributed by atoms with Gasteiger partial charge in [0.25, 0.3) is 0 Å². The molecule has 3 aromatic rings. The van der Waals surface area contributed by atoms with Crippen molar-refractivity contribution in [2.75, 3.05) is 0 Å². The van der Waals surface area contributed by atoms with Crippen molar-refractivity contribution in [3.05, 3.63) is 105 Å². The first-order valence-corrected chi connectivity index (χ1v) is 10.4. The Hall–Kier alpha value is -2.38. The Bertz CT molecular complexity index is 960. The van der Waals surface area contributed by atoms with Crippen LogP contribution in [0.3, 0.4) is 0 Å². The summed E-state index contributed by atoms with van der Waals surface area (Å²) in [6.45, 7) is 0. The van der Waals surface area contributed by atoms with Gasteiger partial charge in [-0.15, -0.1) is 11.3 Å². The second kappa shape index (κ2) is 6.74. The highest BCUT2D eigenvalue weighted by molar-refractivity contribution is 7.11. The molecule has 128 valence electrons. The summed E-state index contributed by atoms with van der Waals surface area (Å²) >= 11 is 1.88. The molecule has 2 aromatic carbocycles. The molecule has 2 aliphatic rings. The molecule has 0 aliphatic heterocycles. The van der Waals surface area contributed by atoms with Gasteiger partial charge in [0.2, 0.25) is 0 Å². The molecule has 0 amide bonds. The van der Waals surface area contributed by atoms with Gasteiger partial charge in [0, 0.05) is 10.8 Å². The van der Waals surface area contributed by atoms with Crippen LogP contribution in [-0.2, 0) is 0 Å². The molecule has 1 aromatic heterocycles. The van der Waals surface area contributed by atoms with Crippen molar-refractivity contribution in [1.29, 1.82) is 0 Å². The highest BCUT2D eigenvalue weighted by atomic mass is 32.1. The predicted octanol–water partition coefficient (Wildman–Crippen LogP) is 7.33. The zero-order valence-electron chi connectivity index (χ0n) is 14.8. The van der Waals surface area contributed by atoms with E-state index >= 15 is 0 Å². The summed E-state index contributed by atoms with van der Waals surface area (Å²) in [5, 5.41) is 2.21. The maximum Gasteiger partial charge on any atom is 0.0325 e. The number of hydrogen-bond donors (Lipinski definition) is 0. The summed E-state index contributed by atoms with van der Waals surface area (Å²) in [5.41, 5.74) is 9.16. The van der Waals surface area contributed by atoms with Crippen LogP contribution in [0.2, 0.25) is 0 Å². The van der Waals surface area contributed by atoms with Gasteiger partial charge in [-0.25, -0.2) is 0 Å². The minimum absolute atomic E-state index is 0.417. The lowest BCUT2D eigenvalue weighted by Crippen LogP contribution is -2.05. The lowest BCUT2D eigenvalue weighted by molar-refractivity contribution is 0.669. The minimum Gasteiger partial charge on any atom is -0.144 e. The molecule has 0 saturated carbocycles. The fraction of sp³-hybridized carbons (Fsp3) is 0.200. The van der Waals surface area contributed by atoms with E-state index in [1.165, 1.54) is 52.8 Å². The van der Waals surface area contributed by atoms with Crippen LogP contribution in [0.25, 0.3) is 11.1 Å². The molecule has 5 rings (SSSR count). The van der Waals surface area contributed by atoms with Gasteiger partial charge in [0.1, 0.15) is 0 Å². The molecule has 26 heavy (non-hydrogen) atoms. The largest absolute Gasteiger partial charge is 0.144 e. The Kier molecular flexibility index (Phi) is 4.10. The molecule has 0 N–H and O–H groups in total. The monoisotopic (exact) mass is 354 g/mol. The topological polar surface area (TPSA) is 0 Å². The van der Waals surface area contributed by atoms with Crippen LogP contribution in [-0.4, -0.2) is 0 Å². The number of benzene rings is 2. The molecule has 0 bridgehead atoms. The second-order valence-electron chi connectivity index (χ2n) is 7.19. The van der Waals surface area contributed by atoms with E-state index < -0.39 is 0 Å². The van der Waals surface area contributed by atoms with Gasteiger partial charge >= 0.3 is 0 Å². The van der Waals surface area contributed by atoms with E-state index in [4.69, 9.17) is 0 Å². The number of rotatable bonds is 3. The summed E-state index contributed by atoms with van der Waals surface area (Å²) in [7, 11) is 0. The summed E-state index contributed by atoms with van der Waals surface area (Å²) in [6.07, 6.45) is 5.09. The molecule has 0 nitrogen and oxygen atoms in total. The van der Waals surface area contributed by atoms with Crippen molar-refractivity contribution >= 4 is 22.5 Å². The van der Waals surface area contributed by atoms with Gasteiger partial charge in [-0.05, 0) is 65.0 Å². The molecule has 0 saturated heterocycles. The lowest BCUT2D eigenvalue weighted by Gasteiger charge is -2.22. The predicted molar refractivity (Wildman–Crippen MR) is 112 cm³/mol. The van der Waals surface area contributed by atoms with Crippen molar-refractivity contribution < 1.29 is 0 Å². The van der Waals surface area contributed by atoms with Crippen LogP contribution >= 0.6 is 11.3 Å². The molecule has 0 spiro atoms. The van der Waals surface area contributed by atoms with Gasteiger partial charge in [0.05, 0.1) is 0 Å². The molecule has 1 atom stereocenters. The van der Waals surface area contributed by atoms with E-state index in [9.17, 15) is 0 Å². The van der Waals surface area contributed by atoms with Gasteiger partial charge in [0.15, 0.2) is 0 Å². The minimum atomic E-state index is 0.417. The van der Waals surface area contributed by atoms with Crippen LogP contribution in [0.15, 0.2) is 89.3 Å². The smallest absolute Gasteiger partial charge is 0.0325 e. The van der Waals surface area contributed by atoms with Crippen molar-refractivity contribution in [1.82, 2.24) is 0 Å². The summed E-state index contributed by atoms with van der Waals surface area (Å²) in [5.74, 6) is 0.417. The lowest BCUT2D eigenvalue weighted by atomic mass is 9.82. The van der Waals surface area contributed by atoms with Crippen molar-refractivity contribution in [2.24, 2.45) is 0 Å². The number of thiophene rings is 1. The third-order valence-electron chi connectivity index (χ3n) is 5.70. The molecule has 1 unspecified atom stereocenters. The maximum absolute atomic E-state index is 2.31. The first-order chi connectivity index (χ1) is 12.9. The average molecular weight is 355 g/mol. The van der Waals surface area contributed by atoms with E-state index in [0.29, 0.717) is 5.92 Å². The van der Waals surface area contributed by atoms with E-state index in [2.05, 4.69) is 78.2 Å². The third-order valence-corrected chi connectivity index (χ3v) is 6.60. The second-order valence-corrected chi connectivity index (χ2v) is 8.13. The quantitative estimate of drug-likeness (QED) is 0.462. The van der Waals surface area contributed by atoms with Gasteiger partial charge in [-0.1, -0.05) is 72.3 Å². The molecule has 0 fully saturated rings. The zero-order valence-corrected chi connectivity index (χ0v) is 15.6. The molecule has 1 heterocycles. The molecular weight excluding hydrogens is 332 g/mol. The summed E-state index contributed by atoms with van der Waals surface area (Å²) in [6, 6.07) is 26.7. The average Bonchev–Trinajstić information content (AvgIpc) is 3.35. The number of allylic oxidation sites excluding steroid dienone is 4. The van der Waals surface area contributed by atoms with Crippen LogP contribution in [0, 0.1) is 0 Å². The zero-order chi connectivity index (χ0) is 17.3. The maximum atomic E-state index is 2.31. The fourth-order valence-corrected chi connectivity index (χ4v) is 5.47. The highest BCUT2D eigenvalue weighted by Gasteiger charge is 2.36. The van der Waals surface area contributed by atoms with E-state index in [1.54, 1.807) is 11.1 Å². The van der Waals surface area contributed by atoms with Crippen molar-refractivity contribution in [3.8, 4) is 0 Å². The van der Waals surface area contributed by atoms with Crippen LogP contribution < -0.4 is 0 Å². The van der Waals surface area contributed by atoms with Crippen molar-refractivity contribution in [2.45, 2.75) is 31.6 Å². The van der Waals surface area contributed by atoms with Gasteiger partial charge in [-0.3, -0.25) is 0 Å². The third kappa shape index (κ3) is 2.59. The highest BCUT2D eigenvalue weighted by Crippen LogP contribution is 2.56. The Balaban J connectivity index is 1.80. The Morgan fingerprint density at radius 2 is 1.46 bits per heavy atom. The van der Waals surface area contributed by atoms with Crippen LogP contribution in [0.1, 0.15) is 47.6 Å². The Labute approximate surface area is 159 Å². The Morgan fingerprint density at radius 1 is 0.731 bits per heavy atom. The normalized spacial score (nSPS) is 19.8. The van der Waals surface area contributed by atoms with E-state index in [1.807, 2.05) is 11.3 Å². The fourth-order valence-electron chi connectivity index (χ4n) is 4.66. The summed E-state index contributed by atoms with van der Waals surface area (Å²) in [4.78, 5) is 1.42. The van der Waals surface area contributed by atoms with E-state index in [-0.39, 0.29) is 0 Å². The first-order valence-electron chi connectivity index (χ1n) is 9.54. The van der Waals surface area contributed by atoms with Crippen LogP contribution in [0.5, 0.6) is 0 Å². The Morgan fingerprint density at radius 3 is 2.19 bits per heavy atom. The van der Waals surface area contributed by atoms with Gasteiger partial charge < -0.3 is 0 Å². The van der Waals surface area contributed by atoms with E-state index in [0.717, 1.165) is 0 Å². The summed E-state index contributed by atoms with van der Waals surface area (Å²) < 4.78 is 0. The molecule has 0 radical (unpaired) electrons. The van der Waals surface area contributed by atoms with Crippen molar-refractivity contribution in [3.63, 3.8) is 0 Å². The SMILES string of the molecule is c1ccc(C2=C(c3cccs3)C(c3ccccc3)C3=C2CCCC3)cc1. The standard InChI is InChI=1S/C25H22S/c1-3-10-18(11-4-1)23-20-14-7-8-15-21(20)24(19-12-5-2-6-13-19)25(23)22-16-9-17-26-22/h1-6,9-13,16-17,23H,7-8,14-15H2. The first kappa shape index (κ1) is 15.8. The molecular formula is C25H22S. The number of hydrogen-bond acceptors (Lipinski definition) is 1. The molecule has 2 aliphatic carbocycles. The van der Waals surface area contributed by atoms with Gasteiger partial charge in [-0.2, -0.15) is 0 Å². The molecule has 1 heteroatoms. The van der Waals surface area contributed by atoms with Crippen LogP contribution in [0.4, 0.5) is 0 Å².